The summed E-state index contributed by atoms with van der Waals surface area (Å²) in [5.74, 6) is 2.31. The molecule has 0 aliphatic rings. The summed E-state index contributed by atoms with van der Waals surface area (Å²) in [6.07, 6.45) is -7.65. The SMILES string of the molecule is NNc1cc(OCC(F)F)nc(C(F)(F)F)n1. The van der Waals surface area contributed by atoms with Gasteiger partial charge in [0.25, 0.3) is 6.43 Å². The first-order valence-electron chi connectivity index (χ1n) is 4.16. The minimum atomic E-state index is -4.82. The van der Waals surface area contributed by atoms with E-state index in [0.29, 0.717) is 0 Å². The molecule has 0 radical (unpaired) electrons. The third-order valence-electron chi connectivity index (χ3n) is 1.46. The lowest BCUT2D eigenvalue weighted by Crippen LogP contribution is -2.17. The van der Waals surface area contributed by atoms with E-state index in [1.54, 1.807) is 0 Å². The van der Waals surface area contributed by atoms with Crippen molar-refractivity contribution in [2.24, 2.45) is 5.84 Å². The number of hydrogen-bond donors (Lipinski definition) is 2. The Kier molecular flexibility index (Phi) is 3.99. The second-order valence-corrected chi connectivity index (χ2v) is 2.76. The van der Waals surface area contributed by atoms with E-state index in [1.165, 1.54) is 0 Å². The van der Waals surface area contributed by atoms with E-state index in [4.69, 9.17) is 5.84 Å². The normalized spacial score (nSPS) is 11.7. The van der Waals surface area contributed by atoms with E-state index in [1.807, 2.05) is 5.43 Å². The molecule has 0 bridgehead atoms. The van der Waals surface area contributed by atoms with Crippen LogP contribution in [-0.4, -0.2) is 23.0 Å². The van der Waals surface area contributed by atoms with Gasteiger partial charge in [0.05, 0.1) is 0 Å². The first kappa shape index (κ1) is 13.4. The smallest absolute Gasteiger partial charge is 0.451 e. The highest BCUT2D eigenvalue weighted by atomic mass is 19.4. The fourth-order valence-corrected chi connectivity index (χ4v) is 0.848. The monoisotopic (exact) mass is 258 g/mol. The van der Waals surface area contributed by atoms with Crippen LogP contribution in [0.2, 0.25) is 0 Å². The highest BCUT2D eigenvalue weighted by molar-refractivity contribution is 5.37. The predicted molar refractivity (Wildman–Crippen MR) is 46.3 cm³/mol. The van der Waals surface area contributed by atoms with E-state index in [-0.39, 0.29) is 0 Å². The van der Waals surface area contributed by atoms with Crippen LogP contribution in [0.15, 0.2) is 6.07 Å². The summed E-state index contributed by atoms with van der Waals surface area (Å²) in [5.41, 5.74) is 1.85. The number of hydrazine groups is 1. The van der Waals surface area contributed by atoms with Crippen molar-refractivity contribution in [3.05, 3.63) is 11.9 Å². The van der Waals surface area contributed by atoms with Gasteiger partial charge in [-0.25, -0.2) is 19.6 Å². The van der Waals surface area contributed by atoms with Crippen LogP contribution in [0.3, 0.4) is 0 Å². The van der Waals surface area contributed by atoms with Crippen molar-refractivity contribution < 1.29 is 26.7 Å². The van der Waals surface area contributed by atoms with Gasteiger partial charge in [-0.05, 0) is 0 Å². The molecule has 0 unspecified atom stereocenters. The van der Waals surface area contributed by atoms with E-state index in [2.05, 4.69) is 14.7 Å². The van der Waals surface area contributed by atoms with E-state index in [9.17, 15) is 22.0 Å². The number of rotatable bonds is 4. The van der Waals surface area contributed by atoms with Crippen molar-refractivity contribution in [2.45, 2.75) is 12.6 Å². The Morgan fingerprint density at radius 1 is 1.35 bits per heavy atom. The quantitative estimate of drug-likeness (QED) is 0.485. The first-order valence-corrected chi connectivity index (χ1v) is 4.16. The molecule has 1 aromatic rings. The molecule has 0 fully saturated rings. The lowest BCUT2D eigenvalue weighted by molar-refractivity contribution is -0.145. The molecule has 0 saturated carbocycles. The summed E-state index contributed by atoms with van der Waals surface area (Å²) < 4.78 is 64.8. The number of anilines is 1. The number of halogens is 5. The number of nitrogen functional groups attached to an aromatic ring is 1. The summed E-state index contributed by atoms with van der Waals surface area (Å²) in [6.45, 7) is -1.07. The Morgan fingerprint density at radius 2 is 2.00 bits per heavy atom. The summed E-state index contributed by atoms with van der Waals surface area (Å²) >= 11 is 0. The molecule has 3 N–H and O–H groups in total. The van der Waals surface area contributed by atoms with Crippen molar-refractivity contribution in [2.75, 3.05) is 12.0 Å². The number of ether oxygens (including phenoxy) is 1. The lowest BCUT2D eigenvalue weighted by Gasteiger charge is -2.10. The fourth-order valence-electron chi connectivity index (χ4n) is 0.848. The molecule has 10 heteroatoms. The van der Waals surface area contributed by atoms with Crippen LogP contribution < -0.4 is 16.0 Å². The first-order chi connectivity index (χ1) is 7.82. The van der Waals surface area contributed by atoms with Crippen molar-refractivity contribution >= 4 is 5.82 Å². The lowest BCUT2D eigenvalue weighted by atomic mass is 10.5. The summed E-state index contributed by atoms with van der Waals surface area (Å²) in [4.78, 5) is 5.95. The minimum absolute atomic E-state index is 0.392. The maximum atomic E-state index is 12.3. The standard InChI is InChI=1S/C7H7F5N4O/c8-3(9)2-17-5-1-4(16-13)14-6(15-5)7(10,11)12/h1,3H,2,13H2,(H,14,15,16). The fraction of sp³-hybridized carbons (Fsp3) is 0.429. The van der Waals surface area contributed by atoms with Crippen LogP contribution in [0.25, 0.3) is 0 Å². The summed E-state index contributed by atoms with van der Waals surface area (Å²) in [6, 6.07) is 0.873. The Morgan fingerprint density at radius 3 is 2.47 bits per heavy atom. The Bertz CT molecular complexity index is 383. The van der Waals surface area contributed by atoms with Crippen LogP contribution in [0.4, 0.5) is 27.8 Å². The van der Waals surface area contributed by atoms with Crippen molar-refractivity contribution in [3.8, 4) is 5.88 Å². The van der Waals surface area contributed by atoms with Gasteiger partial charge in [-0.15, -0.1) is 0 Å². The van der Waals surface area contributed by atoms with Gasteiger partial charge < -0.3 is 10.2 Å². The third-order valence-corrected chi connectivity index (χ3v) is 1.46. The van der Waals surface area contributed by atoms with Crippen LogP contribution in [0.5, 0.6) is 5.88 Å². The second-order valence-electron chi connectivity index (χ2n) is 2.76. The molecule has 0 aliphatic carbocycles. The Balaban J connectivity index is 2.97. The summed E-state index contributed by atoms with van der Waals surface area (Å²) in [7, 11) is 0. The average Bonchev–Trinajstić information content (AvgIpc) is 2.24. The molecule has 0 saturated heterocycles. The van der Waals surface area contributed by atoms with E-state index < -0.39 is 36.7 Å². The van der Waals surface area contributed by atoms with Gasteiger partial charge in [0.2, 0.25) is 11.7 Å². The van der Waals surface area contributed by atoms with Crippen LogP contribution in [0.1, 0.15) is 5.82 Å². The van der Waals surface area contributed by atoms with Gasteiger partial charge in [0.1, 0.15) is 5.82 Å². The molecule has 96 valence electrons. The van der Waals surface area contributed by atoms with Gasteiger partial charge in [0.15, 0.2) is 6.61 Å². The predicted octanol–water partition coefficient (Wildman–Crippen LogP) is 1.42. The van der Waals surface area contributed by atoms with Crippen LogP contribution in [-0.2, 0) is 6.18 Å². The van der Waals surface area contributed by atoms with E-state index in [0.717, 1.165) is 6.07 Å². The number of alkyl halides is 5. The molecule has 17 heavy (non-hydrogen) atoms. The molecule has 0 aliphatic heterocycles. The van der Waals surface area contributed by atoms with Crippen molar-refractivity contribution in [1.29, 1.82) is 0 Å². The van der Waals surface area contributed by atoms with Gasteiger partial charge in [-0.1, -0.05) is 0 Å². The maximum Gasteiger partial charge on any atom is 0.451 e. The van der Waals surface area contributed by atoms with Crippen molar-refractivity contribution in [1.82, 2.24) is 9.97 Å². The van der Waals surface area contributed by atoms with Gasteiger partial charge >= 0.3 is 6.18 Å². The zero-order chi connectivity index (χ0) is 13.1. The van der Waals surface area contributed by atoms with Crippen LogP contribution in [0, 0.1) is 0 Å². The second kappa shape index (κ2) is 5.08. The van der Waals surface area contributed by atoms with Crippen LogP contribution >= 0.6 is 0 Å². The Labute approximate surface area is 91.8 Å². The molecular weight excluding hydrogens is 251 g/mol. The molecule has 1 rings (SSSR count). The molecule has 1 heterocycles. The molecular formula is C7H7F5N4O. The topological polar surface area (TPSA) is 73.1 Å². The van der Waals surface area contributed by atoms with Crippen molar-refractivity contribution in [3.63, 3.8) is 0 Å². The zero-order valence-electron chi connectivity index (χ0n) is 8.13. The molecule has 0 spiro atoms. The molecule has 0 aromatic carbocycles. The molecule has 5 nitrogen and oxygen atoms in total. The third kappa shape index (κ3) is 3.98. The number of nitrogens with one attached hydrogen (secondary N) is 1. The van der Waals surface area contributed by atoms with Gasteiger partial charge in [-0.3, -0.25) is 0 Å². The molecule has 0 amide bonds. The maximum absolute atomic E-state index is 12.3. The van der Waals surface area contributed by atoms with Gasteiger partial charge in [-0.2, -0.15) is 18.2 Å². The molecule has 1 aromatic heterocycles. The average molecular weight is 258 g/mol. The highest BCUT2D eigenvalue weighted by Crippen LogP contribution is 2.28. The summed E-state index contributed by atoms with van der Waals surface area (Å²) in [5, 5.41) is 0. The number of nitrogens with zero attached hydrogens (tertiary/aromatic N) is 2. The minimum Gasteiger partial charge on any atom is -0.471 e. The largest absolute Gasteiger partial charge is 0.471 e. The number of hydrogen-bond acceptors (Lipinski definition) is 5. The molecule has 0 atom stereocenters. The number of nitrogens with two attached hydrogens (primary N) is 1. The zero-order valence-corrected chi connectivity index (χ0v) is 8.13. The van der Waals surface area contributed by atoms with Gasteiger partial charge in [0, 0.05) is 6.07 Å². The number of aromatic nitrogens is 2. The van der Waals surface area contributed by atoms with E-state index >= 15 is 0 Å². The Hall–Kier alpha value is -1.71. The highest BCUT2D eigenvalue weighted by Gasteiger charge is 2.35.